The molecule has 0 radical (unpaired) electrons. The van der Waals surface area contributed by atoms with Crippen molar-refractivity contribution in [2.45, 2.75) is 109 Å². The van der Waals surface area contributed by atoms with E-state index in [0.717, 1.165) is 194 Å². The van der Waals surface area contributed by atoms with Gasteiger partial charge in [0, 0.05) is 86.0 Å². The van der Waals surface area contributed by atoms with Crippen molar-refractivity contribution in [3.63, 3.8) is 0 Å². The highest BCUT2D eigenvalue weighted by molar-refractivity contribution is 7.18. The first-order chi connectivity index (χ1) is 46.3. The molecular weight excluding hydrogens is 1240 g/mol. The number of fused-ring (bicyclic) bond motifs is 6. The second-order valence-electron chi connectivity index (χ2n) is 27.1. The maximum absolute atomic E-state index is 13.3. The fraction of sp³-hybridized carbons (Fsp3) is 0.515. The average molecular weight is 1320 g/mol. The lowest BCUT2D eigenvalue weighted by molar-refractivity contribution is -0.140. The molecule has 16 rings (SSSR count). The molecule has 27 heteroatoms. The van der Waals surface area contributed by atoms with Crippen molar-refractivity contribution in [3.05, 3.63) is 84.4 Å². The largest absolute Gasteiger partial charge is 0.382 e. The molecule has 14 heterocycles. The molecule has 95 heavy (non-hydrogen) atoms. The first kappa shape index (κ1) is 63.8. The summed E-state index contributed by atoms with van der Waals surface area (Å²) in [4.78, 5) is 53.0. The van der Waals surface area contributed by atoms with E-state index in [4.69, 9.17) is 14.7 Å². The Labute approximate surface area is 559 Å². The molecule has 0 spiro atoms. The average Bonchev–Trinajstić information content (AvgIpc) is 1.70. The van der Waals surface area contributed by atoms with Gasteiger partial charge in [0.1, 0.15) is 25.4 Å². The standard InChI is InChI=1S/C34H40N10O2S.C31H36N10OS.C3H4O2/c1-20(2)38-28-12-29(30-6-5-25-11-21(13-35)14-37-44(25)30)36-15-27(28)33-40-41-34(47-33)43-16-23-3-4-24(17-43)31(23)39-32(45)22-7-9-42(10-8-22)26-18-46-19-26;1-18(2)36-25-12-26(27-6-5-23-11-19(13-32)14-35-41(23)27)34-15-24(25)30-38-39-31(43-30)40-16-21-3-4-22(17-40)28(21)37-29(42)20-7-9-33-10-8-20;4-3-1-5-2-3/h5-6,11-12,14-15,20,22-24,26,31H,3-4,7-10,16-19H2,1-2H3,(H,36,38)(H,39,45);5-6,11-12,14-15,18,20-22,28,33H,3-4,7-10,16-17H2,1-2H3,(H,34,36)(H,37,42);1-2H2/t23-,24+,31?;21-,22+,28?;. The van der Waals surface area contributed by atoms with Crippen molar-refractivity contribution in [2.24, 2.45) is 35.5 Å². The van der Waals surface area contributed by atoms with Crippen molar-refractivity contribution < 1.29 is 23.9 Å². The molecule has 2 unspecified atom stereocenters. The number of anilines is 4. The molecule has 25 nitrogen and oxygen atoms in total. The molecule has 8 fully saturated rings. The van der Waals surface area contributed by atoms with Crippen LogP contribution in [0.25, 0.3) is 55.0 Å². The number of nitrogens with zero attached hydrogens (tertiary/aromatic N) is 15. The van der Waals surface area contributed by atoms with Crippen LogP contribution in [0.1, 0.15) is 90.2 Å². The number of amides is 2. The van der Waals surface area contributed by atoms with Gasteiger partial charge in [-0.15, -0.1) is 20.4 Å². The number of Topliss-reactive ketones (excluding diaryl/α,β-unsaturated/α-hetero) is 1. The molecule has 2 saturated carbocycles. The highest BCUT2D eigenvalue weighted by atomic mass is 32.1. The van der Waals surface area contributed by atoms with Crippen LogP contribution in [0.5, 0.6) is 0 Å². The van der Waals surface area contributed by atoms with Crippen molar-refractivity contribution >= 4 is 72.9 Å². The van der Waals surface area contributed by atoms with Crippen molar-refractivity contribution in [3.8, 4) is 56.1 Å². The molecule has 6 aliphatic heterocycles. The zero-order valence-corrected chi connectivity index (χ0v) is 55.6. The number of rotatable bonds is 15. The van der Waals surface area contributed by atoms with Gasteiger partial charge in [0.15, 0.2) is 15.8 Å². The number of piperidine rings is 4. The normalized spacial score (nSPS) is 22.9. The fourth-order valence-corrected chi connectivity index (χ4v) is 16.6. The molecule has 6 atom stereocenters. The highest BCUT2D eigenvalue weighted by Crippen LogP contribution is 2.44. The maximum Gasteiger partial charge on any atom is 0.223 e. The molecule has 8 aromatic rings. The zero-order valence-electron chi connectivity index (χ0n) is 54.0. The lowest BCUT2D eigenvalue weighted by atomic mass is 9.90. The van der Waals surface area contributed by atoms with Gasteiger partial charge in [0.05, 0.1) is 87.7 Å². The SMILES string of the molecule is CC(C)Nc1cc(-c2ccc3cc(C#N)cnn23)ncc1-c1nnc(N2C[C@H]3CC[C@@H](C2)C3NC(=O)C2CCN(C3COC3)CC2)s1.CC(C)Nc1cc(-c2ccc3cc(C#N)cnn23)ncc1-c1nnc(N2C[C@H]3CC[C@@H](C2)C3NC(=O)C2CCNCC2)s1.O=C1COC1. The van der Waals surface area contributed by atoms with Gasteiger partial charge in [-0.2, -0.15) is 20.7 Å². The Balaban J connectivity index is 0.000000153. The van der Waals surface area contributed by atoms with Gasteiger partial charge in [0.25, 0.3) is 0 Å². The summed E-state index contributed by atoms with van der Waals surface area (Å²) in [5, 5.41) is 66.9. The minimum absolute atomic E-state index is 0.119. The van der Waals surface area contributed by atoms with Gasteiger partial charge in [0.2, 0.25) is 22.1 Å². The maximum atomic E-state index is 13.3. The van der Waals surface area contributed by atoms with Crippen LogP contribution < -0.4 is 36.4 Å². The number of nitrogens with one attached hydrogen (secondary N) is 5. The zero-order chi connectivity index (χ0) is 65.3. The molecule has 8 aromatic heterocycles. The lowest BCUT2D eigenvalue weighted by Crippen LogP contribution is -2.56. The number of ketones is 1. The number of nitriles is 2. The van der Waals surface area contributed by atoms with Crippen LogP contribution in [0.2, 0.25) is 0 Å². The van der Waals surface area contributed by atoms with E-state index < -0.39 is 0 Å². The second kappa shape index (κ2) is 28.0. The van der Waals surface area contributed by atoms with Crippen molar-refractivity contribution in [1.29, 1.82) is 10.5 Å². The third kappa shape index (κ3) is 13.8. The van der Waals surface area contributed by atoms with Crippen LogP contribution in [0.3, 0.4) is 0 Å². The monoisotopic (exact) mass is 1320 g/mol. The third-order valence-electron chi connectivity index (χ3n) is 19.9. The Morgan fingerprint density at radius 3 is 1.42 bits per heavy atom. The summed E-state index contributed by atoms with van der Waals surface area (Å²) in [5.74, 6) is 2.68. The van der Waals surface area contributed by atoms with Crippen LogP contribution >= 0.6 is 22.7 Å². The molecule has 0 aromatic carbocycles. The van der Waals surface area contributed by atoms with Gasteiger partial charge in [-0.1, -0.05) is 22.7 Å². The van der Waals surface area contributed by atoms with Crippen molar-refractivity contribution in [2.75, 3.05) is 99.2 Å². The Kier molecular flexibility index (Phi) is 18.8. The summed E-state index contributed by atoms with van der Waals surface area (Å²) in [6.45, 7) is 18.2. The number of ether oxygens (including phenoxy) is 2. The van der Waals surface area contributed by atoms with Crippen LogP contribution in [0.15, 0.2) is 73.3 Å². The van der Waals surface area contributed by atoms with E-state index in [0.29, 0.717) is 54.1 Å². The molecule has 8 aliphatic rings. The summed E-state index contributed by atoms with van der Waals surface area (Å²) in [5.41, 5.74) is 9.67. The summed E-state index contributed by atoms with van der Waals surface area (Å²) in [7, 11) is 0. The summed E-state index contributed by atoms with van der Waals surface area (Å²) in [6.07, 6.45) is 15.1. The predicted octanol–water partition coefficient (Wildman–Crippen LogP) is 7.57. The Bertz CT molecular complexity index is 4160. The van der Waals surface area contributed by atoms with E-state index in [1.54, 1.807) is 44.1 Å². The first-order valence-electron chi connectivity index (χ1n) is 33.5. The second-order valence-corrected chi connectivity index (χ2v) is 29.0. The van der Waals surface area contributed by atoms with Gasteiger partial charge >= 0.3 is 0 Å². The van der Waals surface area contributed by atoms with Crippen molar-refractivity contribution in [1.82, 2.24) is 70.4 Å². The molecule has 2 aliphatic carbocycles. The quantitative estimate of drug-likeness (QED) is 0.0661. The molecule has 4 bridgehead atoms. The van der Waals surface area contributed by atoms with Crippen LogP contribution in [0.4, 0.5) is 21.6 Å². The number of carbonyl (C=O) groups is 3. The van der Waals surface area contributed by atoms with E-state index in [9.17, 15) is 24.9 Å². The number of hydrogen-bond acceptors (Lipinski definition) is 23. The van der Waals surface area contributed by atoms with Gasteiger partial charge in [-0.25, -0.2) is 9.03 Å². The lowest BCUT2D eigenvalue weighted by Gasteiger charge is -2.42. The van der Waals surface area contributed by atoms with E-state index in [1.165, 1.54) is 0 Å². The highest BCUT2D eigenvalue weighted by Gasteiger charge is 2.46. The number of carbonyl (C=O) groups excluding carboxylic acids is 3. The molecule has 494 valence electrons. The Hall–Kier alpha value is -8.57. The van der Waals surface area contributed by atoms with E-state index in [-0.39, 0.29) is 53.6 Å². The summed E-state index contributed by atoms with van der Waals surface area (Å²) in [6, 6.07) is 21.3. The minimum atomic E-state index is 0.119. The van der Waals surface area contributed by atoms with Crippen LogP contribution in [-0.4, -0.2) is 181 Å². The molecular formula is C68H80N20O5S2. The molecule has 5 N–H and O–H groups in total. The summed E-state index contributed by atoms with van der Waals surface area (Å²) < 4.78 is 13.5. The fourth-order valence-electron chi connectivity index (χ4n) is 14.8. The van der Waals surface area contributed by atoms with E-state index >= 15 is 0 Å². The predicted molar refractivity (Wildman–Crippen MR) is 363 cm³/mol. The van der Waals surface area contributed by atoms with E-state index in [2.05, 4.69) is 116 Å². The number of hydrogen-bond donors (Lipinski definition) is 5. The smallest absolute Gasteiger partial charge is 0.223 e. The number of pyridine rings is 2. The van der Waals surface area contributed by atoms with Crippen LogP contribution in [-0.2, 0) is 23.9 Å². The first-order valence-corrected chi connectivity index (χ1v) is 35.1. The molecule has 6 saturated heterocycles. The third-order valence-corrected chi connectivity index (χ3v) is 21.9. The minimum Gasteiger partial charge on any atom is -0.382 e. The van der Waals surface area contributed by atoms with Gasteiger partial charge in [-0.3, -0.25) is 29.3 Å². The van der Waals surface area contributed by atoms with Gasteiger partial charge in [-0.05, 0) is 177 Å². The van der Waals surface area contributed by atoms with Gasteiger partial charge < -0.3 is 45.9 Å². The van der Waals surface area contributed by atoms with E-state index in [1.807, 2.05) is 60.9 Å². The topological polar surface area (TPSA) is 299 Å². The Morgan fingerprint density at radius 2 is 1.03 bits per heavy atom. The molecule has 2 amide bonds. The Morgan fingerprint density at radius 1 is 0.589 bits per heavy atom. The van der Waals surface area contributed by atoms with Crippen LogP contribution in [0, 0.1) is 58.2 Å². The number of likely N-dealkylation sites (tertiary alicyclic amines) is 1. The summed E-state index contributed by atoms with van der Waals surface area (Å²) >= 11 is 3.19. The number of aromatic nitrogens is 10.